The van der Waals surface area contributed by atoms with Gasteiger partial charge in [0.25, 0.3) is 0 Å². The number of rotatable bonds is 6. The molecule has 0 saturated heterocycles. The van der Waals surface area contributed by atoms with Gasteiger partial charge in [-0.2, -0.15) is 0 Å². The molecule has 0 aliphatic rings. The maximum atomic E-state index is 14.3. The Balaban J connectivity index is 2.15. The smallest absolute Gasteiger partial charge is 0.335 e. The standard InChI is InChI=1S/C20H19BrF2N2O3/c1-20(2,28-3)10-25-17-7-11(19(26)27)4-5-16(17)24-18(25)8-12-6-15(23)13(21)9-14(12)22/h4-7,9H,8,10H2,1-3H3,(H,26,27). The van der Waals surface area contributed by atoms with Crippen molar-refractivity contribution < 1.29 is 23.4 Å². The van der Waals surface area contributed by atoms with Crippen molar-refractivity contribution in [3.05, 3.63) is 63.4 Å². The number of aromatic nitrogens is 2. The number of ether oxygens (including phenoxy) is 1. The first-order valence-corrected chi connectivity index (χ1v) is 9.31. The third-order valence-electron chi connectivity index (χ3n) is 4.60. The molecule has 0 atom stereocenters. The molecule has 0 radical (unpaired) electrons. The largest absolute Gasteiger partial charge is 0.478 e. The zero-order chi connectivity index (χ0) is 20.6. The molecule has 0 saturated carbocycles. The van der Waals surface area contributed by atoms with Crippen LogP contribution in [0.2, 0.25) is 0 Å². The van der Waals surface area contributed by atoms with E-state index in [1.807, 2.05) is 13.8 Å². The van der Waals surface area contributed by atoms with Crippen LogP contribution in [0.3, 0.4) is 0 Å². The molecule has 0 fully saturated rings. The van der Waals surface area contributed by atoms with Crippen molar-refractivity contribution >= 4 is 32.9 Å². The number of aromatic carboxylic acids is 1. The quantitative estimate of drug-likeness (QED) is 0.546. The van der Waals surface area contributed by atoms with Gasteiger partial charge in [-0.15, -0.1) is 0 Å². The second-order valence-corrected chi connectivity index (χ2v) is 7.98. The molecule has 0 bridgehead atoms. The van der Waals surface area contributed by atoms with Crippen molar-refractivity contribution in [2.75, 3.05) is 7.11 Å². The molecule has 0 unspecified atom stereocenters. The van der Waals surface area contributed by atoms with E-state index >= 15 is 0 Å². The van der Waals surface area contributed by atoms with Gasteiger partial charge in [0.05, 0.1) is 33.2 Å². The van der Waals surface area contributed by atoms with Crippen molar-refractivity contribution in [2.24, 2.45) is 0 Å². The van der Waals surface area contributed by atoms with Crippen molar-refractivity contribution in [3.63, 3.8) is 0 Å². The summed E-state index contributed by atoms with van der Waals surface area (Å²) in [6, 6.07) is 6.81. The van der Waals surface area contributed by atoms with Gasteiger partial charge in [-0.3, -0.25) is 0 Å². The molecule has 0 aliphatic heterocycles. The number of halogens is 3. The molecule has 0 aliphatic carbocycles. The Bertz CT molecular complexity index is 1060. The van der Waals surface area contributed by atoms with Crippen LogP contribution in [0.5, 0.6) is 0 Å². The Morgan fingerprint density at radius 1 is 1.25 bits per heavy atom. The van der Waals surface area contributed by atoms with Crippen LogP contribution < -0.4 is 0 Å². The van der Waals surface area contributed by atoms with E-state index in [0.29, 0.717) is 23.4 Å². The second kappa shape index (κ2) is 7.60. The lowest BCUT2D eigenvalue weighted by atomic mass is 10.1. The summed E-state index contributed by atoms with van der Waals surface area (Å²) in [5.41, 5.74) is 0.871. The van der Waals surface area contributed by atoms with E-state index < -0.39 is 23.2 Å². The average Bonchev–Trinajstić information content (AvgIpc) is 2.95. The first kappa shape index (κ1) is 20.4. The fourth-order valence-corrected chi connectivity index (χ4v) is 3.25. The van der Waals surface area contributed by atoms with Gasteiger partial charge in [0.15, 0.2) is 0 Å². The van der Waals surface area contributed by atoms with Gasteiger partial charge in [-0.25, -0.2) is 18.6 Å². The number of carbonyl (C=O) groups is 1. The summed E-state index contributed by atoms with van der Waals surface area (Å²) in [5.74, 6) is -1.68. The summed E-state index contributed by atoms with van der Waals surface area (Å²) >= 11 is 2.97. The number of carboxylic acid groups (broad SMARTS) is 1. The van der Waals surface area contributed by atoms with Gasteiger partial charge < -0.3 is 14.4 Å². The highest BCUT2D eigenvalue weighted by atomic mass is 79.9. The average molecular weight is 453 g/mol. The number of methoxy groups -OCH3 is 1. The highest BCUT2D eigenvalue weighted by Gasteiger charge is 2.23. The third-order valence-corrected chi connectivity index (χ3v) is 5.21. The molecule has 8 heteroatoms. The first-order valence-electron chi connectivity index (χ1n) is 8.52. The summed E-state index contributed by atoms with van der Waals surface area (Å²) in [6.45, 7) is 4.12. The molecule has 0 amide bonds. The molecule has 1 heterocycles. The highest BCUT2D eigenvalue weighted by Crippen LogP contribution is 2.26. The molecule has 0 spiro atoms. The molecule has 3 aromatic rings. The van der Waals surface area contributed by atoms with Crippen LogP contribution in [0.25, 0.3) is 11.0 Å². The zero-order valence-electron chi connectivity index (χ0n) is 15.6. The van der Waals surface area contributed by atoms with Gasteiger partial charge in [0, 0.05) is 13.5 Å². The van der Waals surface area contributed by atoms with Gasteiger partial charge in [-0.1, -0.05) is 0 Å². The molecular weight excluding hydrogens is 434 g/mol. The fraction of sp³-hybridized carbons (Fsp3) is 0.300. The Kier molecular flexibility index (Phi) is 5.54. The lowest BCUT2D eigenvalue weighted by Gasteiger charge is -2.25. The van der Waals surface area contributed by atoms with Gasteiger partial charge in [-0.05, 0) is 65.7 Å². The van der Waals surface area contributed by atoms with E-state index in [1.54, 1.807) is 17.7 Å². The van der Waals surface area contributed by atoms with Crippen LogP contribution in [-0.2, 0) is 17.7 Å². The summed E-state index contributed by atoms with van der Waals surface area (Å²) in [6.07, 6.45) is 0.0485. The van der Waals surface area contributed by atoms with Gasteiger partial charge >= 0.3 is 5.97 Å². The van der Waals surface area contributed by atoms with E-state index in [-0.39, 0.29) is 22.0 Å². The third kappa shape index (κ3) is 4.07. The predicted molar refractivity (Wildman–Crippen MR) is 105 cm³/mol. The number of hydrogen-bond donors (Lipinski definition) is 1. The number of imidazole rings is 1. The van der Waals surface area contributed by atoms with Gasteiger partial charge in [0.2, 0.25) is 0 Å². The Morgan fingerprint density at radius 3 is 2.61 bits per heavy atom. The highest BCUT2D eigenvalue weighted by molar-refractivity contribution is 9.10. The number of hydrogen-bond acceptors (Lipinski definition) is 3. The maximum absolute atomic E-state index is 14.3. The monoisotopic (exact) mass is 452 g/mol. The van der Waals surface area contributed by atoms with Crippen molar-refractivity contribution in [3.8, 4) is 0 Å². The number of fused-ring (bicyclic) bond motifs is 1. The summed E-state index contributed by atoms with van der Waals surface area (Å²) < 4.78 is 35.6. The van der Waals surface area contributed by atoms with E-state index in [1.165, 1.54) is 12.1 Å². The normalized spacial score (nSPS) is 11.9. The first-order chi connectivity index (χ1) is 13.1. The van der Waals surface area contributed by atoms with Crippen LogP contribution in [0, 0.1) is 11.6 Å². The molecule has 148 valence electrons. The fourth-order valence-electron chi connectivity index (χ4n) is 2.93. The van der Waals surface area contributed by atoms with Gasteiger partial charge in [0.1, 0.15) is 17.5 Å². The Labute approximate surface area is 169 Å². The molecule has 1 N–H and O–H groups in total. The van der Waals surface area contributed by atoms with E-state index in [9.17, 15) is 18.7 Å². The molecule has 1 aromatic heterocycles. The van der Waals surface area contributed by atoms with Crippen molar-refractivity contribution in [1.29, 1.82) is 0 Å². The zero-order valence-corrected chi connectivity index (χ0v) is 17.2. The minimum atomic E-state index is -1.05. The van der Waals surface area contributed by atoms with E-state index in [0.717, 1.165) is 12.1 Å². The number of benzene rings is 2. The van der Waals surface area contributed by atoms with Crippen LogP contribution in [-0.4, -0.2) is 33.3 Å². The lowest BCUT2D eigenvalue weighted by Crippen LogP contribution is -2.30. The van der Waals surface area contributed by atoms with Crippen LogP contribution in [0.15, 0.2) is 34.8 Å². The maximum Gasteiger partial charge on any atom is 0.335 e. The molecule has 2 aromatic carbocycles. The molecule has 5 nitrogen and oxygen atoms in total. The van der Waals surface area contributed by atoms with Crippen molar-refractivity contribution in [1.82, 2.24) is 9.55 Å². The minimum Gasteiger partial charge on any atom is -0.478 e. The van der Waals surface area contributed by atoms with E-state index in [2.05, 4.69) is 20.9 Å². The number of carboxylic acids is 1. The SMILES string of the molecule is COC(C)(C)Cn1c(Cc2cc(F)c(Br)cc2F)nc2ccc(C(=O)O)cc21. The molecule has 28 heavy (non-hydrogen) atoms. The Morgan fingerprint density at radius 2 is 1.96 bits per heavy atom. The molecular formula is C20H19BrF2N2O3. The molecule has 3 rings (SSSR count). The summed E-state index contributed by atoms with van der Waals surface area (Å²) in [4.78, 5) is 15.9. The topological polar surface area (TPSA) is 64.4 Å². The Hall–Kier alpha value is -2.32. The number of nitrogens with zero attached hydrogens (tertiary/aromatic N) is 2. The van der Waals surface area contributed by atoms with Crippen LogP contribution >= 0.6 is 15.9 Å². The predicted octanol–water partition coefficient (Wildman–Crippen LogP) is 4.79. The van der Waals surface area contributed by atoms with Crippen molar-refractivity contribution in [2.45, 2.75) is 32.4 Å². The van der Waals surface area contributed by atoms with E-state index in [4.69, 9.17) is 4.74 Å². The summed E-state index contributed by atoms with van der Waals surface area (Å²) in [7, 11) is 1.57. The van der Waals surface area contributed by atoms with Crippen LogP contribution in [0.1, 0.15) is 35.6 Å². The minimum absolute atomic E-state index is 0.0485. The summed E-state index contributed by atoms with van der Waals surface area (Å²) in [5, 5.41) is 9.30. The second-order valence-electron chi connectivity index (χ2n) is 7.12. The lowest BCUT2D eigenvalue weighted by molar-refractivity contribution is 0.00848. The van der Waals surface area contributed by atoms with Crippen LogP contribution in [0.4, 0.5) is 8.78 Å².